The number of aromatic nitrogens is 1. The Hall–Kier alpha value is -2.73. The van der Waals surface area contributed by atoms with Crippen LogP contribution in [-0.4, -0.2) is 47.5 Å². The van der Waals surface area contributed by atoms with E-state index in [2.05, 4.69) is 17.1 Å². The van der Waals surface area contributed by atoms with Crippen LogP contribution in [0.15, 0.2) is 42.6 Å². The molecule has 1 aromatic carbocycles. The molecule has 2 aliphatic heterocycles. The number of piperidine rings is 1. The summed E-state index contributed by atoms with van der Waals surface area (Å²) in [5.74, 6) is 0.178. The van der Waals surface area contributed by atoms with Crippen molar-refractivity contribution in [1.82, 2.24) is 9.88 Å². The number of ether oxygens (including phenoxy) is 1. The smallest absolute Gasteiger partial charge is 0.248 e. The predicted octanol–water partition coefficient (Wildman–Crippen LogP) is 3.12. The highest BCUT2D eigenvalue weighted by Crippen LogP contribution is 2.29. The second kappa shape index (κ2) is 8.74. The van der Waals surface area contributed by atoms with Crippen LogP contribution in [0, 0.1) is 0 Å². The van der Waals surface area contributed by atoms with Crippen LogP contribution in [0.3, 0.4) is 0 Å². The summed E-state index contributed by atoms with van der Waals surface area (Å²) in [5, 5.41) is 0. The number of amides is 2. The number of rotatable bonds is 5. The maximum atomic E-state index is 12.5. The first-order valence-corrected chi connectivity index (χ1v) is 10.4. The van der Waals surface area contributed by atoms with Crippen LogP contribution >= 0.6 is 0 Å². The molecule has 2 aliphatic rings. The zero-order chi connectivity index (χ0) is 20.2. The summed E-state index contributed by atoms with van der Waals surface area (Å²) in [4.78, 5) is 30.3. The average Bonchev–Trinajstić information content (AvgIpc) is 3.27. The van der Waals surface area contributed by atoms with Gasteiger partial charge in [-0.15, -0.1) is 0 Å². The first-order chi connectivity index (χ1) is 14.1. The second-order valence-electron chi connectivity index (χ2n) is 7.91. The van der Waals surface area contributed by atoms with Gasteiger partial charge < -0.3 is 15.4 Å². The SMILES string of the molecule is NC(=O)c1ccc(-c2ccc(C3CCN(C(=O)C[C@@H]4CCCO4)CC3)nc2)cc1. The Morgan fingerprint density at radius 1 is 1.03 bits per heavy atom. The summed E-state index contributed by atoms with van der Waals surface area (Å²) in [5.41, 5.74) is 8.88. The van der Waals surface area contributed by atoms with Gasteiger partial charge in [-0.25, -0.2) is 0 Å². The van der Waals surface area contributed by atoms with Crippen molar-refractivity contribution in [2.24, 2.45) is 5.73 Å². The van der Waals surface area contributed by atoms with Crippen LogP contribution in [0.4, 0.5) is 0 Å². The van der Waals surface area contributed by atoms with E-state index in [0.29, 0.717) is 17.9 Å². The molecule has 4 rings (SSSR count). The van der Waals surface area contributed by atoms with Crippen LogP contribution in [0.25, 0.3) is 11.1 Å². The Kier molecular flexibility index (Phi) is 5.90. The van der Waals surface area contributed by atoms with E-state index in [9.17, 15) is 9.59 Å². The molecule has 2 N–H and O–H groups in total. The molecule has 0 unspecified atom stereocenters. The minimum Gasteiger partial charge on any atom is -0.378 e. The molecule has 2 aromatic rings. The van der Waals surface area contributed by atoms with E-state index < -0.39 is 5.91 Å². The van der Waals surface area contributed by atoms with E-state index in [1.54, 1.807) is 12.1 Å². The molecule has 1 aromatic heterocycles. The highest BCUT2D eigenvalue weighted by atomic mass is 16.5. The highest BCUT2D eigenvalue weighted by molar-refractivity contribution is 5.93. The quantitative estimate of drug-likeness (QED) is 0.846. The zero-order valence-corrected chi connectivity index (χ0v) is 16.5. The maximum absolute atomic E-state index is 12.5. The fourth-order valence-electron chi connectivity index (χ4n) is 4.20. The molecule has 3 heterocycles. The van der Waals surface area contributed by atoms with Crippen molar-refractivity contribution in [2.45, 2.75) is 44.1 Å². The van der Waals surface area contributed by atoms with Crippen LogP contribution in [0.5, 0.6) is 0 Å². The minimum atomic E-state index is -0.425. The Morgan fingerprint density at radius 3 is 2.34 bits per heavy atom. The number of nitrogens with two attached hydrogens (primary N) is 1. The molecule has 2 saturated heterocycles. The van der Waals surface area contributed by atoms with Crippen molar-refractivity contribution in [3.8, 4) is 11.1 Å². The summed E-state index contributed by atoms with van der Waals surface area (Å²) in [6.07, 6.45) is 6.47. The predicted molar refractivity (Wildman–Crippen MR) is 110 cm³/mol. The van der Waals surface area contributed by atoms with Crippen molar-refractivity contribution < 1.29 is 14.3 Å². The van der Waals surface area contributed by atoms with E-state index in [1.807, 2.05) is 23.2 Å². The topological polar surface area (TPSA) is 85.5 Å². The summed E-state index contributed by atoms with van der Waals surface area (Å²) >= 11 is 0. The molecular formula is C23H27N3O3. The molecule has 2 fully saturated rings. The lowest BCUT2D eigenvalue weighted by Gasteiger charge is -2.32. The van der Waals surface area contributed by atoms with Crippen LogP contribution in [0.1, 0.15) is 54.1 Å². The number of nitrogens with zero attached hydrogens (tertiary/aromatic N) is 2. The monoisotopic (exact) mass is 393 g/mol. The summed E-state index contributed by atoms with van der Waals surface area (Å²) in [7, 11) is 0. The van der Waals surface area contributed by atoms with Gasteiger partial charge in [0.25, 0.3) is 0 Å². The molecule has 0 saturated carbocycles. The van der Waals surface area contributed by atoms with Gasteiger partial charge in [0.2, 0.25) is 11.8 Å². The molecule has 1 atom stereocenters. The van der Waals surface area contributed by atoms with Gasteiger partial charge in [-0.2, -0.15) is 0 Å². The van der Waals surface area contributed by atoms with Gasteiger partial charge in [0.15, 0.2) is 0 Å². The number of likely N-dealkylation sites (tertiary alicyclic amines) is 1. The normalized spacial score (nSPS) is 20.0. The van der Waals surface area contributed by atoms with Crippen molar-refractivity contribution in [2.75, 3.05) is 19.7 Å². The number of hydrogen-bond donors (Lipinski definition) is 1. The third kappa shape index (κ3) is 4.65. The largest absolute Gasteiger partial charge is 0.378 e. The van der Waals surface area contributed by atoms with Crippen LogP contribution < -0.4 is 5.73 Å². The van der Waals surface area contributed by atoms with E-state index in [4.69, 9.17) is 10.5 Å². The molecule has 0 spiro atoms. The number of primary amides is 1. The minimum absolute atomic E-state index is 0.117. The molecule has 0 aliphatic carbocycles. The number of carbonyl (C=O) groups is 2. The fourth-order valence-corrected chi connectivity index (χ4v) is 4.20. The molecule has 6 heteroatoms. The Balaban J connectivity index is 1.33. The van der Waals surface area contributed by atoms with Crippen molar-refractivity contribution >= 4 is 11.8 Å². The molecule has 2 amide bonds. The van der Waals surface area contributed by atoms with Crippen LogP contribution in [0.2, 0.25) is 0 Å². The van der Waals surface area contributed by atoms with Gasteiger partial charge in [-0.1, -0.05) is 18.2 Å². The van der Waals surface area contributed by atoms with Gasteiger partial charge in [0.05, 0.1) is 12.5 Å². The zero-order valence-electron chi connectivity index (χ0n) is 16.5. The third-order valence-corrected chi connectivity index (χ3v) is 5.98. The van der Waals surface area contributed by atoms with E-state index in [1.165, 1.54) is 0 Å². The standard InChI is InChI=1S/C23H27N3O3/c24-23(28)18-5-3-16(4-6-18)19-7-8-21(25-15-19)17-9-11-26(12-10-17)22(27)14-20-2-1-13-29-20/h3-8,15,17,20H,1-2,9-14H2,(H2,24,28)/t20-/m0/s1. The molecule has 29 heavy (non-hydrogen) atoms. The number of benzene rings is 1. The summed E-state index contributed by atoms with van der Waals surface area (Å²) in [6, 6.07) is 11.4. The summed E-state index contributed by atoms with van der Waals surface area (Å²) < 4.78 is 5.59. The first kappa shape index (κ1) is 19.6. The van der Waals surface area contributed by atoms with E-state index >= 15 is 0 Å². The van der Waals surface area contributed by atoms with Crippen LogP contribution in [-0.2, 0) is 9.53 Å². The molecule has 152 valence electrons. The Bertz CT molecular complexity index is 850. The first-order valence-electron chi connectivity index (χ1n) is 10.4. The van der Waals surface area contributed by atoms with Gasteiger partial charge in [0, 0.05) is 48.6 Å². The van der Waals surface area contributed by atoms with Gasteiger partial charge >= 0.3 is 0 Å². The highest BCUT2D eigenvalue weighted by Gasteiger charge is 2.27. The lowest BCUT2D eigenvalue weighted by atomic mass is 9.92. The van der Waals surface area contributed by atoms with Crippen molar-refractivity contribution in [1.29, 1.82) is 0 Å². The molecular weight excluding hydrogens is 366 g/mol. The Morgan fingerprint density at radius 2 is 1.76 bits per heavy atom. The van der Waals surface area contributed by atoms with Gasteiger partial charge in [-0.3, -0.25) is 14.6 Å². The lowest BCUT2D eigenvalue weighted by Crippen LogP contribution is -2.39. The Labute approximate surface area is 171 Å². The van der Waals surface area contributed by atoms with Gasteiger partial charge in [-0.05, 0) is 49.4 Å². The molecule has 0 bridgehead atoms. The fraction of sp³-hybridized carbons (Fsp3) is 0.435. The molecule has 6 nitrogen and oxygen atoms in total. The molecule has 0 radical (unpaired) electrons. The van der Waals surface area contributed by atoms with Crippen molar-refractivity contribution in [3.63, 3.8) is 0 Å². The maximum Gasteiger partial charge on any atom is 0.248 e. The van der Waals surface area contributed by atoms with Crippen molar-refractivity contribution in [3.05, 3.63) is 53.9 Å². The lowest BCUT2D eigenvalue weighted by molar-refractivity contribution is -0.134. The van der Waals surface area contributed by atoms with E-state index in [0.717, 1.165) is 62.2 Å². The number of carbonyl (C=O) groups excluding carboxylic acids is 2. The third-order valence-electron chi connectivity index (χ3n) is 5.98. The number of hydrogen-bond acceptors (Lipinski definition) is 4. The number of pyridine rings is 1. The summed E-state index contributed by atoms with van der Waals surface area (Å²) in [6.45, 7) is 2.36. The average molecular weight is 393 g/mol. The van der Waals surface area contributed by atoms with Gasteiger partial charge in [0.1, 0.15) is 0 Å². The van der Waals surface area contributed by atoms with E-state index in [-0.39, 0.29) is 12.0 Å². The second-order valence-corrected chi connectivity index (χ2v) is 7.91.